The van der Waals surface area contributed by atoms with Gasteiger partial charge in [-0.15, -0.1) is 0 Å². The molecule has 1 heterocycles. The number of hydrogen-bond acceptors (Lipinski definition) is 2. The van der Waals surface area contributed by atoms with Crippen molar-refractivity contribution in [3.05, 3.63) is 0 Å². The number of amides is 1. The van der Waals surface area contributed by atoms with E-state index in [1.807, 2.05) is 11.9 Å². The Labute approximate surface area is 98.6 Å². The topological polar surface area (TPSA) is 32.3 Å². The lowest BCUT2D eigenvalue weighted by molar-refractivity contribution is -0.131. The van der Waals surface area contributed by atoms with E-state index in [1.54, 1.807) is 0 Å². The van der Waals surface area contributed by atoms with E-state index in [1.165, 1.54) is 19.3 Å². The first-order valence-electron chi connectivity index (χ1n) is 6.61. The number of piperidine rings is 1. The third-order valence-electron chi connectivity index (χ3n) is 4.07. The average molecular weight is 224 g/mol. The Morgan fingerprint density at radius 3 is 2.81 bits per heavy atom. The third kappa shape index (κ3) is 3.21. The molecular weight excluding hydrogens is 200 g/mol. The standard InChI is InChI=1S/C13H24N2O/c1-10-6-12(10)9-15(2)13(16)7-11-4-3-5-14-8-11/h10-12,14H,3-9H2,1-2H3. The molecule has 1 aliphatic heterocycles. The second kappa shape index (κ2) is 5.17. The van der Waals surface area contributed by atoms with Crippen LogP contribution in [0.25, 0.3) is 0 Å². The summed E-state index contributed by atoms with van der Waals surface area (Å²) in [5, 5.41) is 3.37. The molecule has 0 spiro atoms. The summed E-state index contributed by atoms with van der Waals surface area (Å²) >= 11 is 0. The van der Waals surface area contributed by atoms with Gasteiger partial charge in [0.25, 0.3) is 0 Å². The van der Waals surface area contributed by atoms with E-state index in [2.05, 4.69) is 12.2 Å². The zero-order valence-corrected chi connectivity index (χ0v) is 10.5. The van der Waals surface area contributed by atoms with E-state index in [9.17, 15) is 4.79 Å². The summed E-state index contributed by atoms with van der Waals surface area (Å²) in [7, 11) is 1.96. The SMILES string of the molecule is CC1CC1CN(C)C(=O)CC1CCCNC1. The Balaban J connectivity index is 1.69. The summed E-state index contributed by atoms with van der Waals surface area (Å²) in [5.41, 5.74) is 0. The van der Waals surface area contributed by atoms with Crippen LogP contribution in [-0.2, 0) is 4.79 Å². The molecule has 0 radical (unpaired) electrons. The van der Waals surface area contributed by atoms with Gasteiger partial charge < -0.3 is 10.2 Å². The second-order valence-electron chi connectivity index (χ2n) is 5.66. The van der Waals surface area contributed by atoms with Crippen molar-refractivity contribution in [2.45, 2.75) is 32.6 Å². The molecule has 1 N–H and O–H groups in total. The first-order chi connectivity index (χ1) is 7.66. The summed E-state index contributed by atoms with van der Waals surface area (Å²) < 4.78 is 0. The zero-order valence-electron chi connectivity index (χ0n) is 10.5. The summed E-state index contributed by atoms with van der Waals surface area (Å²) in [4.78, 5) is 13.9. The predicted octanol–water partition coefficient (Wildman–Crippen LogP) is 1.49. The fraction of sp³-hybridized carbons (Fsp3) is 0.923. The molecule has 2 fully saturated rings. The molecule has 1 saturated carbocycles. The van der Waals surface area contributed by atoms with Crippen molar-refractivity contribution in [3.63, 3.8) is 0 Å². The smallest absolute Gasteiger partial charge is 0.222 e. The minimum absolute atomic E-state index is 0.341. The summed E-state index contributed by atoms with van der Waals surface area (Å²) in [6, 6.07) is 0. The number of carbonyl (C=O) groups is 1. The van der Waals surface area contributed by atoms with Crippen molar-refractivity contribution in [2.24, 2.45) is 17.8 Å². The van der Waals surface area contributed by atoms with Gasteiger partial charge in [-0.25, -0.2) is 0 Å². The molecule has 3 unspecified atom stereocenters. The molecule has 3 atom stereocenters. The van der Waals surface area contributed by atoms with Gasteiger partial charge in [-0.05, 0) is 50.1 Å². The van der Waals surface area contributed by atoms with Crippen molar-refractivity contribution in [1.29, 1.82) is 0 Å². The van der Waals surface area contributed by atoms with E-state index in [4.69, 9.17) is 0 Å². The highest BCUT2D eigenvalue weighted by atomic mass is 16.2. The van der Waals surface area contributed by atoms with Gasteiger partial charge >= 0.3 is 0 Å². The van der Waals surface area contributed by atoms with E-state index in [0.29, 0.717) is 11.8 Å². The molecule has 3 nitrogen and oxygen atoms in total. The maximum atomic E-state index is 12.0. The molecule has 2 aliphatic rings. The molecule has 1 saturated heterocycles. The van der Waals surface area contributed by atoms with Crippen molar-refractivity contribution in [3.8, 4) is 0 Å². The van der Waals surface area contributed by atoms with Gasteiger partial charge in [-0.2, -0.15) is 0 Å². The molecule has 1 amide bonds. The van der Waals surface area contributed by atoms with Gasteiger partial charge in [0.05, 0.1) is 0 Å². The highest BCUT2D eigenvalue weighted by Crippen LogP contribution is 2.38. The Morgan fingerprint density at radius 1 is 1.50 bits per heavy atom. The average Bonchev–Trinajstić information content (AvgIpc) is 2.95. The Hall–Kier alpha value is -0.570. The lowest BCUT2D eigenvalue weighted by Gasteiger charge is -2.25. The monoisotopic (exact) mass is 224 g/mol. The van der Waals surface area contributed by atoms with Gasteiger partial charge in [0.1, 0.15) is 0 Å². The molecular formula is C13H24N2O. The van der Waals surface area contributed by atoms with Crippen LogP contribution in [-0.4, -0.2) is 37.5 Å². The van der Waals surface area contributed by atoms with E-state index in [0.717, 1.165) is 37.9 Å². The summed E-state index contributed by atoms with van der Waals surface area (Å²) in [6.45, 7) is 5.40. The van der Waals surface area contributed by atoms with Crippen LogP contribution in [0.2, 0.25) is 0 Å². The van der Waals surface area contributed by atoms with E-state index in [-0.39, 0.29) is 0 Å². The number of rotatable bonds is 4. The first kappa shape index (κ1) is 11.9. The van der Waals surface area contributed by atoms with Crippen LogP contribution >= 0.6 is 0 Å². The minimum Gasteiger partial charge on any atom is -0.345 e. The maximum absolute atomic E-state index is 12.0. The minimum atomic E-state index is 0.341. The lowest BCUT2D eigenvalue weighted by atomic mass is 9.95. The fourth-order valence-electron chi connectivity index (χ4n) is 2.61. The van der Waals surface area contributed by atoms with E-state index >= 15 is 0 Å². The maximum Gasteiger partial charge on any atom is 0.222 e. The number of nitrogens with zero attached hydrogens (tertiary/aromatic N) is 1. The van der Waals surface area contributed by atoms with Crippen LogP contribution in [0.4, 0.5) is 0 Å². The van der Waals surface area contributed by atoms with E-state index < -0.39 is 0 Å². The number of nitrogens with one attached hydrogen (secondary N) is 1. The molecule has 92 valence electrons. The molecule has 1 aliphatic carbocycles. The number of carbonyl (C=O) groups excluding carboxylic acids is 1. The van der Waals surface area contributed by atoms with Crippen LogP contribution < -0.4 is 5.32 Å². The third-order valence-corrected chi connectivity index (χ3v) is 4.07. The fourth-order valence-corrected chi connectivity index (χ4v) is 2.61. The molecule has 0 aromatic heterocycles. The second-order valence-corrected chi connectivity index (χ2v) is 5.66. The molecule has 0 bridgehead atoms. The Bertz CT molecular complexity index is 248. The van der Waals surface area contributed by atoms with Crippen molar-refractivity contribution in [2.75, 3.05) is 26.7 Å². The molecule has 0 aromatic carbocycles. The zero-order chi connectivity index (χ0) is 11.5. The molecule has 16 heavy (non-hydrogen) atoms. The van der Waals surface area contributed by atoms with Gasteiger partial charge in [0.2, 0.25) is 5.91 Å². The lowest BCUT2D eigenvalue weighted by Crippen LogP contribution is -2.35. The van der Waals surface area contributed by atoms with Gasteiger partial charge in [-0.1, -0.05) is 6.92 Å². The van der Waals surface area contributed by atoms with Gasteiger partial charge in [0, 0.05) is 20.0 Å². The van der Waals surface area contributed by atoms with Gasteiger partial charge in [-0.3, -0.25) is 4.79 Å². The first-order valence-corrected chi connectivity index (χ1v) is 6.61. The van der Waals surface area contributed by atoms with Crippen molar-refractivity contribution >= 4 is 5.91 Å². The Kier molecular flexibility index (Phi) is 3.85. The largest absolute Gasteiger partial charge is 0.345 e. The highest BCUT2D eigenvalue weighted by molar-refractivity contribution is 5.76. The summed E-state index contributed by atoms with van der Waals surface area (Å²) in [6.07, 6.45) is 4.49. The number of hydrogen-bond donors (Lipinski definition) is 1. The highest BCUT2D eigenvalue weighted by Gasteiger charge is 2.34. The van der Waals surface area contributed by atoms with Crippen LogP contribution in [0.15, 0.2) is 0 Å². The normalized spacial score (nSPS) is 33.5. The molecule has 3 heteroatoms. The molecule has 0 aromatic rings. The predicted molar refractivity (Wildman–Crippen MR) is 65.1 cm³/mol. The van der Waals surface area contributed by atoms with Crippen LogP contribution in [0.3, 0.4) is 0 Å². The Morgan fingerprint density at radius 2 is 2.25 bits per heavy atom. The van der Waals surface area contributed by atoms with Crippen molar-refractivity contribution < 1.29 is 4.79 Å². The van der Waals surface area contributed by atoms with Crippen LogP contribution in [0.1, 0.15) is 32.6 Å². The van der Waals surface area contributed by atoms with Gasteiger partial charge in [0.15, 0.2) is 0 Å². The summed E-state index contributed by atoms with van der Waals surface area (Å²) in [5.74, 6) is 2.53. The molecule has 2 rings (SSSR count). The quantitative estimate of drug-likeness (QED) is 0.784. The van der Waals surface area contributed by atoms with Crippen LogP contribution in [0, 0.1) is 17.8 Å². The van der Waals surface area contributed by atoms with Crippen molar-refractivity contribution in [1.82, 2.24) is 10.2 Å². The van der Waals surface area contributed by atoms with Crippen LogP contribution in [0.5, 0.6) is 0 Å².